The Labute approximate surface area is 129 Å². The Kier molecular flexibility index (Phi) is 5.37. The van der Waals surface area contributed by atoms with Gasteiger partial charge in [0.15, 0.2) is 0 Å². The lowest BCUT2D eigenvalue weighted by Gasteiger charge is -2.27. The third-order valence-electron chi connectivity index (χ3n) is 3.58. The maximum atomic E-state index is 12.6. The van der Waals surface area contributed by atoms with Crippen LogP contribution in [0.1, 0.15) is 28.9 Å². The lowest BCUT2D eigenvalue weighted by Crippen LogP contribution is -2.44. The van der Waals surface area contributed by atoms with Gasteiger partial charge in [-0.1, -0.05) is 6.42 Å². The number of rotatable bonds is 5. The number of carbonyl (C=O) groups excluding carboxylic acids is 1. The molecule has 2 rings (SSSR count). The van der Waals surface area contributed by atoms with Crippen LogP contribution in [-0.4, -0.2) is 52.0 Å². The SMILES string of the molecule is COC(=O)c1sccc1S(=O)(=O)N(C)CC1CCCCN1. The maximum Gasteiger partial charge on any atom is 0.349 e. The summed E-state index contributed by atoms with van der Waals surface area (Å²) in [6, 6.07) is 1.62. The molecular weight excluding hydrogens is 312 g/mol. The fourth-order valence-corrected chi connectivity index (χ4v) is 4.92. The molecule has 1 atom stereocenters. The Bertz CT molecular complexity index is 591. The van der Waals surface area contributed by atoms with Crippen LogP contribution in [0.4, 0.5) is 0 Å². The fraction of sp³-hybridized carbons (Fsp3) is 0.615. The molecule has 0 bridgehead atoms. The highest BCUT2D eigenvalue weighted by atomic mass is 32.2. The van der Waals surface area contributed by atoms with E-state index in [4.69, 9.17) is 0 Å². The van der Waals surface area contributed by atoms with E-state index in [0.717, 1.165) is 37.1 Å². The van der Waals surface area contributed by atoms with E-state index in [-0.39, 0.29) is 15.8 Å². The van der Waals surface area contributed by atoms with Gasteiger partial charge in [-0.3, -0.25) is 0 Å². The van der Waals surface area contributed by atoms with Crippen LogP contribution in [0.15, 0.2) is 16.3 Å². The van der Waals surface area contributed by atoms with Crippen molar-refractivity contribution in [3.8, 4) is 0 Å². The molecule has 1 saturated heterocycles. The molecule has 1 aromatic rings. The highest BCUT2D eigenvalue weighted by Gasteiger charge is 2.30. The standard InChI is InChI=1S/C13H20N2O4S2/c1-15(9-10-5-3-4-7-14-10)21(17,18)11-6-8-20-12(11)13(16)19-2/h6,8,10,14H,3-5,7,9H2,1-2H3. The molecule has 1 aromatic heterocycles. The number of hydrogen-bond donors (Lipinski definition) is 1. The Balaban J connectivity index is 2.17. The average molecular weight is 332 g/mol. The molecule has 2 heterocycles. The van der Waals surface area contributed by atoms with E-state index in [9.17, 15) is 13.2 Å². The molecule has 1 N–H and O–H groups in total. The van der Waals surface area contributed by atoms with Crippen molar-refractivity contribution in [1.82, 2.24) is 9.62 Å². The molecule has 0 aliphatic carbocycles. The van der Waals surface area contributed by atoms with Gasteiger partial charge in [-0.15, -0.1) is 11.3 Å². The van der Waals surface area contributed by atoms with Crippen molar-refractivity contribution in [3.05, 3.63) is 16.3 Å². The normalized spacial score (nSPS) is 19.7. The van der Waals surface area contributed by atoms with E-state index >= 15 is 0 Å². The number of methoxy groups -OCH3 is 1. The summed E-state index contributed by atoms with van der Waals surface area (Å²) in [5.41, 5.74) is 0. The molecular formula is C13H20N2O4S2. The van der Waals surface area contributed by atoms with Crippen LogP contribution in [0.3, 0.4) is 0 Å². The number of nitrogens with zero attached hydrogens (tertiary/aromatic N) is 1. The largest absolute Gasteiger partial charge is 0.465 e. The molecule has 8 heteroatoms. The lowest BCUT2D eigenvalue weighted by molar-refractivity contribution is 0.0602. The molecule has 118 valence electrons. The van der Waals surface area contributed by atoms with E-state index in [0.29, 0.717) is 6.54 Å². The van der Waals surface area contributed by atoms with Gasteiger partial charge in [-0.05, 0) is 30.8 Å². The summed E-state index contributed by atoms with van der Waals surface area (Å²) in [5.74, 6) is -0.618. The summed E-state index contributed by atoms with van der Waals surface area (Å²) in [5, 5.41) is 4.91. The molecule has 0 saturated carbocycles. The third kappa shape index (κ3) is 3.63. The van der Waals surface area contributed by atoms with Gasteiger partial charge in [0.2, 0.25) is 10.0 Å². The highest BCUT2D eigenvalue weighted by Crippen LogP contribution is 2.25. The Morgan fingerprint density at radius 2 is 2.29 bits per heavy atom. The van der Waals surface area contributed by atoms with Crippen molar-refractivity contribution in [1.29, 1.82) is 0 Å². The van der Waals surface area contributed by atoms with E-state index in [1.165, 1.54) is 17.5 Å². The molecule has 0 amide bonds. The van der Waals surface area contributed by atoms with Crippen molar-refractivity contribution < 1.29 is 17.9 Å². The van der Waals surface area contributed by atoms with Crippen molar-refractivity contribution in [2.75, 3.05) is 27.2 Å². The summed E-state index contributed by atoms with van der Waals surface area (Å²) in [7, 11) is -0.888. The number of ether oxygens (including phenoxy) is 1. The number of esters is 1. The van der Waals surface area contributed by atoms with Crippen LogP contribution >= 0.6 is 11.3 Å². The first-order valence-electron chi connectivity index (χ1n) is 6.82. The topological polar surface area (TPSA) is 75.7 Å². The van der Waals surface area contributed by atoms with Gasteiger partial charge < -0.3 is 10.1 Å². The number of piperidine rings is 1. The Hall–Kier alpha value is -0.960. The average Bonchev–Trinajstić information content (AvgIpc) is 2.97. The predicted molar refractivity (Wildman–Crippen MR) is 81.1 cm³/mol. The van der Waals surface area contributed by atoms with Gasteiger partial charge in [0, 0.05) is 19.6 Å². The maximum absolute atomic E-state index is 12.6. The van der Waals surface area contributed by atoms with Gasteiger partial charge in [0.05, 0.1) is 7.11 Å². The molecule has 1 aliphatic rings. The molecule has 0 radical (unpaired) electrons. The summed E-state index contributed by atoms with van der Waals surface area (Å²) < 4.78 is 31.2. The predicted octanol–water partition coefficient (Wildman–Crippen LogP) is 1.30. The number of thiophene rings is 1. The van der Waals surface area contributed by atoms with E-state index in [1.807, 2.05) is 0 Å². The van der Waals surface area contributed by atoms with Crippen LogP contribution in [0.2, 0.25) is 0 Å². The molecule has 21 heavy (non-hydrogen) atoms. The monoisotopic (exact) mass is 332 g/mol. The van der Waals surface area contributed by atoms with Crippen molar-refractivity contribution in [2.24, 2.45) is 0 Å². The summed E-state index contributed by atoms with van der Waals surface area (Å²) in [6.07, 6.45) is 3.20. The number of hydrogen-bond acceptors (Lipinski definition) is 6. The minimum Gasteiger partial charge on any atom is -0.465 e. The zero-order chi connectivity index (χ0) is 15.5. The molecule has 1 unspecified atom stereocenters. The first-order chi connectivity index (χ1) is 9.96. The van der Waals surface area contributed by atoms with E-state index in [1.54, 1.807) is 12.4 Å². The summed E-state index contributed by atoms with van der Waals surface area (Å²) >= 11 is 1.08. The highest BCUT2D eigenvalue weighted by molar-refractivity contribution is 7.89. The fourth-order valence-electron chi connectivity index (χ4n) is 2.40. The van der Waals surface area contributed by atoms with Crippen LogP contribution in [0.5, 0.6) is 0 Å². The van der Waals surface area contributed by atoms with Crippen LogP contribution in [-0.2, 0) is 14.8 Å². The van der Waals surface area contributed by atoms with E-state index in [2.05, 4.69) is 10.1 Å². The molecule has 0 aromatic carbocycles. The van der Waals surface area contributed by atoms with Crippen molar-refractivity contribution >= 4 is 27.3 Å². The van der Waals surface area contributed by atoms with Crippen molar-refractivity contribution in [2.45, 2.75) is 30.2 Å². The van der Waals surface area contributed by atoms with Crippen LogP contribution in [0.25, 0.3) is 0 Å². The number of likely N-dealkylation sites (N-methyl/N-ethyl adjacent to an activating group) is 1. The zero-order valence-corrected chi connectivity index (χ0v) is 13.8. The van der Waals surface area contributed by atoms with Gasteiger partial charge in [-0.25, -0.2) is 13.2 Å². The third-order valence-corrected chi connectivity index (χ3v) is 6.47. The van der Waals surface area contributed by atoms with E-state index < -0.39 is 16.0 Å². The lowest BCUT2D eigenvalue weighted by atomic mass is 10.1. The quantitative estimate of drug-likeness (QED) is 0.823. The van der Waals surface area contributed by atoms with Crippen molar-refractivity contribution in [3.63, 3.8) is 0 Å². The van der Waals surface area contributed by atoms with Gasteiger partial charge in [0.25, 0.3) is 0 Å². The zero-order valence-electron chi connectivity index (χ0n) is 12.2. The smallest absolute Gasteiger partial charge is 0.349 e. The Morgan fingerprint density at radius 3 is 2.90 bits per heavy atom. The molecule has 6 nitrogen and oxygen atoms in total. The number of carbonyl (C=O) groups is 1. The minimum atomic E-state index is -3.68. The first-order valence-corrected chi connectivity index (χ1v) is 9.14. The molecule has 0 spiro atoms. The van der Waals surface area contributed by atoms with Crippen LogP contribution in [0, 0.1) is 0 Å². The second kappa shape index (κ2) is 6.87. The Morgan fingerprint density at radius 1 is 1.52 bits per heavy atom. The minimum absolute atomic E-state index is 0.0256. The molecule has 1 fully saturated rings. The second-order valence-electron chi connectivity index (χ2n) is 5.04. The van der Waals surface area contributed by atoms with Crippen LogP contribution < -0.4 is 5.32 Å². The van der Waals surface area contributed by atoms with Gasteiger partial charge >= 0.3 is 5.97 Å². The second-order valence-corrected chi connectivity index (χ2v) is 7.97. The first kappa shape index (κ1) is 16.4. The number of nitrogens with one attached hydrogen (secondary N) is 1. The number of sulfonamides is 1. The van der Waals surface area contributed by atoms with Gasteiger partial charge in [-0.2, -0.15) is 4.31 Å². The molecule has 1 aliphatic heterocycles. The van der Waals surface area contributed by atoms with Gasteiger partial charge in [0.1, 0.15) is 9.77 Å². The summed E-state index contributed by atoms with van der Waals surface area (Å²) in [6.45, 7) is 1.32. The summed E-state index contributed by atoms with van der Waals surface area (Å²) in [4.78, 5) is 11.8.